The average Bonchev–Trinajstić information content (AvgIpc) is 3.27. The molecule has 0 aliphatic heterocycles. The Kier molecular flexibility index (Phi) is 4.96. The molecule has 0 spiro atoms. The van der Waals surface area contributed by atoms with E-state index >= 15 is 0 Å². The summed E-state index contributed by atoms with van der Waals surface area (Å²) in [6, 6.07) is 15.0. The number of hydrogen-bond donors (Lipinski definition) is 2. The van der Waals surface area contributed by atoms with Gasteiger partial charge in [-0.05, 0) is 30.2 Å². The number of aromatic nitrogens is 4. The van der Waals surface area contributed by atoms with Gasteiger partial charge in [0, 0.05) is 7.05 Å². The summed E-state index contributed by atoms with van der Waals surface area (Å²) in [5.74, 6) is 0.706. The molecule has 2 unspecified atom stereocenters. The predicted octanol–water partition coefficient (Wildman–Crippen LogP) is 3.12. The quantitative estimate of drug-likeness (QED) is 0.530. The van der Waals surface area contributed by atoms with Gasteiger partial charge in [0.2, 0.25) is 5.91 Å². The van der Waals surface area contributed by atoms with E-state index in [1.165, 1.54) is 4.57 Å². The van der Waals surface area contributed by atoms with E-state index in [2.05, 4.69) is 29.1 Å². The number of aryl methyl sites for hydroxylation is 1. The Morgan fingerprint density at radius 3 is 2.55 bits per heavy atom. The molecule has 150 valence electrons. The van der Waals surface area contributed by atoms with E-state index in [9.17, 15) is 9.59 Å². The zero-order valence-corrected chi connectivity index (χ0v) is 16.8. The Hall–Kier alpha value is -3.35. The van der Waals surface area contributed by atoms with E-state index < -0.39 is 0 Å². The number of carbonyl (C=O) groups is 1. The van der Waals surface area contributed by atoms with Crippen LogP contribution < -0.4 is 11.0 Å². The van der Waals surface area contributed by atoms with E-state index in [1.54, 1.807) is 11.6 Å². The SMILES string of the molecule is CCC(C)C(NC(=O)Cn1c(=O)n(C)c2ccccc21)c1nc2ccccc2[nH]1. The first-order chi connectivity index (χ1) is 14.0. The molecule has 0 bridgehead atoms. The van der Waals surface area contributed by atoms with Crippen LogP contribution in [0, 0.1) is 5.92 Å². The molecule has 2 heterocycles. The molecule has 7 heteroatoms. The van der Waals surface area contributed by atoms with Crippen molar-refractivity contribution >= 4 is 28.0 Å². The van der Waals surface area contributed by atoms with Gasteiger partial charge in [-0.1, -0.05) is 44.5 Å². The van der Waals surface area contributed by atoms with Gasteiger partial charge in [-0.3, -0.25) is 13.9 Å². The fraction of sp³-hybridized carbons (Fsp3) is 0.318. The Labute approximate surface area is 168 Å². The molecule has 1 amide bonds. The van der Waals surface area contributed by atoms with Crippen LogP contribution in [0.3, 0.4) is 0 Å². The molecule has 4 aromatic rings. The minimum atomic E-state index is -0.259. The molecule has 0 fully saturated rings. The predicted molar refractivity (Wildman–Crippen MR) is 114 cm³/mol. The highest BCUT2D eigenvalue weighted by atomic mass is 16.2. The number of hydrogen-bond acceptors (Lipinski definition) is 3. The van der Waals surface area contributed by atoms with Crippen LogP contribution in [0.25, 0.3) is 22.1 Å². The normalized spacial score (nSPS) is 13.6. The van der Waals surface area contributed by atoms with E-state index in [1.807, 2.05) is 48.5 Å². The lowest BCUT2D eigenvalue weighted by molar-refractivity contribution is -0.122. The van der Waals surface area contributed by atoms with E-state index in [4.69, 9.17) is 0 Å². The number of amides is 1. The highest BCUT2D eigenvalue weighted by molar-refractivity contribution is 5.81. The smallest absolute Gasteiger partial charge is 0.329 e. The molecule has 2 aromatic carbocycles. The first-order valence-corrected chi connectivity index (χ1v) is 9.87. The average molecular weight is 391 g/mol. The summed E-state index contributed by atoms with van der Waals surface area (Å²) in [4.78, 5) is 33.5. The largest absolute Gasteiger partial charge is 0.344 e. The van der Waals surface area contributed by atoms with Gasteiger partial charge in [-0.25, -0.2) is 9.78 Å². The van der Waals surface area contributed by atoms with Crippen LogP contribution in [0.2, 0.25) is 0 Å². The number of fused-ring (bicyclic) bond motifs is 2. The third-order valence-corrected chi connectivity index (χ3v) is 5.59. The minimum absolute atomic E-state index is 0.0344. The maximum atomic E-state index is 12.9. The van der Waals surface area contributed by atoms with Crippen molar-refractivity contribution < 1.29 is 4.79 Å². The number of imidazole rings is 2. The maximum Gasteiger partial charge on any atom is 0.329 e. The monoisotopic (exact) mass is 391 g/mol. The summed E-state index contributed by atoms with van der Waals surface area (Å²) in [6.07, 6.45) is 0.885. The fourth-order valence-electron chi connectivity index (χ4n) is 3.71. The number of benzene rings is 2. The molecular weight excluding hydrogens is 366 g/mol. The van der Waals surface area contributed by atoms with Crippen molar-refractivity contribution in [2.24, 2.45) is 13.0 Å². The molecule has 29 heavy (non-hydrogen) atoms. The first-order valence-electron chi connectivity index (χ1n) is 9.87. The number of para-hydroxylation sites is 4. The van der Waals surface area contributed by atoms with Gasteiger partial charge in [0.05, 0.1) is 28.1 Å². The van der Waals surface area contributed by atoms with Crippen molar-refractivity contribution in [2.75, 3.05) is 0 Å². The van der Waals surface area contributed by atoms with Gasteiger partial charge in [0.1, 0.15) is 12.4 Å². The van der Waals surface area contributed by atoms with Crippen molar-refractivity contribution in [3.05, 3.63) is 64.8 Å². The third-order valence-electron chi connectivity index (χ3n) is 5.59. The van der Waals surface area contributed by atoms with Crippen LogP contribution in [0.5, 0.6) is 0 Å². The zero-order valence-electron chi connectivity index (χ0n) is 16.8. The summed E-state index contributed by atoms with van der Waals surface area (Å²) < 4.78 is 3.07. The van der Waals surface area contributed by atoms with Gasteiger partial charge in [-0.15, -0.1) is 0 Å². The third kappa shape index (κ3) is 3.44. The number of nitrogens with zero attached hydrogens (tertiary/aromatic N) is 3. The second-order valence-corrected chi connectivity index (χ2v) is 7.49. The summed E-state index contributed by atoms with van der Waals surface area (Å²) in [7, 11) is 1.72. The molecule has 0 radical (unpaired) electrons. The fourth-order valence-corrected chi connectivity index (χ4v) is 3.71. The summed E-state index contributed by atoms with van der Waals surface area (Å²) in [5, 5.41) is 3.09. The number of H-pyrrole nitrogens is 1. The lowest BCUT2D eigenvalue weighted by Crippen LogP contribution is -2.37. The number of nitrogens with one attached hydrogen (secondary N) is 2. The van der Waals surface area contributed by atoms with Crippen LogP contribution in [-0.4, -0.2) is 25.0 Å². The lowest BCUT2D eigenvalue weighted by Gasteiger charge is -2.22. The van der Waals surface area contributed by atoms with Crippen LogP contribution in [0.4, 0.5) is 0 Å². The highest BCUT2D eigenvalue weighted by Crippen LogP contribution is 2.24. The highest BCUT2D eigenvalue weighted by Gasteiger charge is 2.24. The second-order valence-electron chi connectivity index (χ2n) is 7.49. The zero-order chi connectivity index (χ0) is 20.5. The summed E-state index contributed by atoms with van der Waals surface area (Å²) >= 11 is 0. The van der Waals surface area contributed by atoms with Gasteiger partial charge in [0.15, 0.2) is 0 Å². The van der Waals surface area contributed by atoms with E-state index in [0.29, 0.717) is 0 Å². The second kappa shape index (κ2) is 7.58. The number of carbonyl (C=O) groups excluding carboxylic acids is 1. The number of rotatable bonds is 6. The molecule has 2 N–H and O–H groups in total. The van der Waals surface area contributed by atoms with Crippen molar-refractivity contribution in [1.29, 1.82) is 0 Å². The van der Waals surface area contributed by atoms with E-state index in [0.717, 1.165) is 34.3 Å². The first kappa shape index (κ1) is 19.0. The molecule has 2 aromatic heterocycles. The van der Waals surface area contributed by atoms with Crippen molar-refractivity contribution in [1.82, 2.24) is 24.4 Å². The summed E-state index contributed by atoms with van der Waals surface area (Å²) in [6.45, 7) is 4.14. The van der Waals surface area contributed by atoms with Crippen LogP contribution in [0.1, 0.15) is 32.1 Å². The molecule has 0 aliphatic rings. The Balaban J connectivity index is 1.63. The van der Waals surface area contributed by atoms with Crippen molar-refractivity contribution in [2.45, 2.75) is 32.9 Å². The lowest BCUT2D eigenvalue weighted by atomic mass is 9.98. The van der Waals surface area contributed by atoms with Crippen LogP contribution in [0.15, 0.2) is 53.3 Å². The standard InChI is InChI=1S/C22H25N5O2/c1-4-14(2)20(21-23-15-9-5-6-10-16(15)24-21)25-19(28)13-27-18-12-8-7-11-17(18)26(3)22(27)29/h5-12,14,20H,4,13H2,1-3H3,(H,23,24)(H,25,28). The van der Waals surface area contributed by atoms with Crippen LogP contribution in [-0.2, 0) is 18.4 Å². The topological polar surface area (TPSA) is 84.7 Å². The Bertz CT molecular complexity index is 1200. The van der Waals surface area contributed by atoms with E-state index in [-0.39, 0.29) is 30.1 Å². The molecule has 0 aliphatic carbocycles. The molecule has 7 nitrogen and oxygen atoms in total. The Morgan fingerprint density at radius 2 is 1.83 bits per heavy atom. The molecule has 0 saturated heterocycles. The van der Waals surface area contributed by atoms with Crippen LogP contribution >= 0.6 is 0 Å². The van der Waals surface area contributed by atoms with Gasteiger partial charge < -0.3 is 10.3 Å². The van der Waals surface area contributed by atoms with Crippen molar-refractivity contribution in [3.63, 3.8) is 0 Å². The Morgan fingerprint density at radius 1 is 1.14 bits per heavy atom. The molecular formula is C22H25N5O2. The summed E-state index contributed by atoms with van der Waals surface area (Å²) in [5.41, 5.74) is 3.16. The molecule has 0 saturated carbocycles. The molecule has 4 rings (SSSR count). The molecule has 2 atom stereocenters. The van der Waals surface area contributed by atoms with Crippen molar-refractivity contribution in [3.8, 4) is 0 Å². The van der Waals surface area contributed by atoms with Gasteiger partial charge in [0.25, 0.3) is 0 Å². The van der Waals surface area contributed by atoms with Gasteiger partial charge >= 0.3 is 5.69 Å². The van der Waals surface area contributed by atoms with Gasteiger partial charge in [-0.2, -0.15) is 0 Å². The number of aromatic amines is 1. The maximum absolute atomic E-state index is 12.9. The minimum Gasteiger partial charge on any atom is -0.344 e.